The molecule has 0 radical (unpaired) electrons. The number of rotatable bonds is 10. The van der Waals surface area contributed by atoms with Gasteiger partial charge in [0.15, 0.2) is 0 Å². The van der Waals surface area contributed by atoms with E-state index in [-0.39, 0.29) is 41.1 Å². The first-order chi connectivity index (χ1) is 15.7. The van der Waals surface area contributed by atoms with E-state index >= 15 is 0 Å². The average molecular weight is 468 g/mol. The third kappa shape index (κ3) is 7.17. The van der Waals surface area contributed by atoms with Gasteiger partial charge in [0.1, 0.15) is 10.6 Å². The van der Waals surface area contributed by atoms with Gasteiger partial charge in [-0.2, -0.15) is 8.42 Å². The molecule has 174 valence electrons. The second kappa shape index (κ2) is 11.1. The van der Waals surface area contributed by atoms with Gasteiger partial charge in [-0.3, -0.25) is 4.79 Å². The van der Waals surface area contributed by atoms with E-state index in [4.69, 9.17) is 14.7 Å². The smallest absolute Gasteiger partial charge is 0.339 e. The minimum atomic E-state index is -3.93. The van der Waals surface area contributed by atoms with Crippen LogP contribution in [0.4, 0.5) is 0 Å². The lowest BCUT2D eigenvalue weighted by atomic mass is 9.85. The summed E-state index contributed by atoms with van der Waals surface area (Å²) in [6, 6.07) is 24.1. The molecule has 3 aromatic carbocycles. The monoisotopic (exact) mass is 467 g/mol. The van der Waals surface area contributed by atoms with E-state index in [0.29, 0.717) is 6.42 Å². The summed E-state index contributed by atoms with van der Waals surface area (Å²) in [5, 5.41) is 0. The Hall–Kier alpha value is -3.16. The second-order valence-corrected chi connectivity index (χ2v) is 9.67. The van der Waals surface area contributed by atoms with Crippen molar-refractivity contribution in [2.75, 3.05) is 0 Å². The predicted molar refractivity (Wildman–Crippen MR) is 127 cm³/mol. The second-order valence-electron chi connectivity index (χ2n) is 8.12. The van der Waals surface area contributed by atoms with Crippen molar-refractivity contribution in [3.63, 3.8) is 0 Å². The largest absolute Gasteiger partial charge is 0.463 e. The van der Waals surface area contributed by atoms with Crippen molar-refractivity contribution in [3.05, 3.63) is 96.1 Å². The van der Waals surface area contributed by atoms with E-state index in [1.165, 1.54) is 12.1 Å². The van der Waals surface area contributed by atoms with Crippen LogP contribution in [0.3, 0.4) is 0 Å². The topological polar surface area (TPSA) is 95.7 Å². The predicted octanol–water partition coefficient (Wildman–Crippen LogP) is 4.45. The molecule has 0 saturated carbocycles. The maximum Gasteiger partial charge on any atom is 0.339 e. The molecule has 3 rings (SSSR count). The summed E-state index contributed by atoms with van der Waals surface area (Å²) in [5.41, 5.74) is 8.42. The molecule has 7 heteroatoms. The van der Waals surface area contributed by atoms with Crippen LogP contribution >= 0.6 is 0 Å². The Morgan fingerprint density at radius 1 is 0.879 bits per heavy atom. The van der Waals surface area contributed by atoms with Crippen LogP contribution in [0.15, 0.2) is 89.8 Å². The number of hydrogen-bond acceptors (Lipinski definition) is 6. The molecule has 0 heterocycles. The van der Waals surface area contributed by atoms with Gasteiger partial charge in [0.2, 0.25) is 0 Å². The molecule has 0 saturated heterocycles. The van der Waals surface area contributed by atoms with Crippen LogP contribution < -0.4 is 9.92 Å². The van der Waals surface area contributed by atoms with Gasteiger partial charge in [-0.15, -0.1) is 0 Å². The van der Waals surface area contributed by atoms with Crippen LogP contribution in [-0.2, 0) is 26.1 Å². The maximum absolute atomic E-state index is 12.5. The normalized spacial score (nSPS) is 13.3. The number of esters is 1. The molecule has 3 aromatic rings. The Balaban J connectivity index is 1.80. The number of ether oxygens (including phenoxy) is 1. The number of carbonyl (C=O) groups excluding carboxylic acids is 1. The SMILES string of the molecule is CC(C)OC(=O)CC(c1ccc(OS(=O)(=O)c2ccccc2)cc1)C(N)Cc1ccccc1. The standard InChI is InChI=1S/C26H29NO5S/c1-19(2)31-26(28)18-24(25(27)17-20-9-5-3-6-10-20)21-13-15-22(16-14-21)32-33(29,30)23-11-7-4-8-12-23/h3-16,19,24-25H,17-18,27H2,1-2H3. The molecule has 33 heavy (non-hydrogen) atoms. The zero-order valence-electron chi connectivity index (χ0n) is 18.8. The molecule has 0 bridgehead atoms. The molecule has 2 N–H and O–H groups in total. The maximum atomic E-state index is 12.5. The van der Waals surface area contributed by atoms with Crippen molar-refractivity contribution in [3.8, 4) is 5.75 Å². The quantitative estimate of drug-likeness (QED) is 0.350. The molecule has 0 amide bonds. The molecular weight excluding hydrogens is 438 g/mol. The number of benzene rings is 3. The molecular formula is C26H29NO5S. The van der Waals surface area contributed by atoms with Crippen molar-refractivity contribution in [2.24, 2.45) is 5.73 Å². The van der Waals surface area contributed by atoms with E-state index in [0.717, 1.165) is 11.1 Å². The van der Waals surface area contributed by atoms with Crippen LogP contribution in [-0.4, -0.2) is 26.5 Å². The van der Waals surface area contributed by atoms with Crippen molar-refractivity contribution in [1.29, 1.82) is 0 Å². The fraction of sp³-hybridized carbons (Fsp3) is 0.269. The van der Waals surface area contributed by atoms with Crippen molar-refractivity contribution in [1.82, 2.24) is 0 Å². The van der Waals surface area contributed by atoms with Gasteiger partial charge in [-0.05, 0) is 55.7 Å². The van der Waals surface area contributed by atoms with Crippen LogP contribution in [0.5, 0.6) is 5.75 Å². The van der Waals surface area contributed by atoms with Gasteiger partial charge in [0.05, 0.1) is 12.5 Å². The van der Waals surface area contributed by atoms with Crippen molar-refractivity contribution >= 4 is 16.1 Å². The molecule has 0 fully saturated rings. The van der Waals surface area contributed by atoms with Gasteiger partial charge >= 0.3 is 16.1 Å². The Morgan fingerprint density at radius 3 is 2.03 bits per heavy atom. The zero-order valence-corrected chi connectivity index (χ0v) is 19.6. The van der Waals surface area contributed by atoms with Gasteiger partial charge in [0, 0.05) is 12.0 Å². The van der Waals surface area contributed by atoms with E-state index in [2.05, 4.69) is 0 Å². The number of nitrogens with two attached hydrogens (primary N) is 1. The summed E-state index contributed by atoms with van der Waals surface area (Å²) >= 11 is 0. The molecule has 0 aliphatic carbocycles. The van der Waals surface area contributed by atoms with Gasteiger partial charge in [-0.1, -0.05) is 60.7 Å². The summed E-state index contributed by atoms with van der Waals surface area (Å²) in [5.74, 6) is -0.454. The van der Waals surface area contributed by atoms with Crippen LogP contribution in [0, 0.1) is 0 Å². The summed E-state index contributed by atoms with van der Waals surface area (Å²) in [4.78, 5) is 12.5. The first-order valence-electron chi connectivity index (χ1n) is 10.8. The molecule has 0 aliphatic rings. The van der Waals surface area contributed by atoms with Crippen LogP contribution in [0.2, 0.25) is 0 Å². The van der Waals surface area contributed by atoms with E-state index < -0.39 is 10.1 Å². The highest BCUT2D eigenvalue weighted by Gasteiger charge is 2.25. The number of carbonyl (C=O) groups is 1. The van der Waals surface area contributed by atoms with Crippen molar-refractivity contribution in [2.45, 2.75) is 49.6 Å². The molecule has 0 aliphatic heterocycles. The highest BCUT2D eigenvalue weighted by atomic mass is 32.2. The molecule has 6 nitrogen and oxygen atoms in total. The Kier molecular flexibility index (Phi) is 8.25. The highest BCUT2D eigenvalue weighted by molar-refractivity contribution is 7.87. The van der Waals surface area contributed by atoms with E-state index in [9.17, 15) is 13.2 Å². The Bertz CT molecular complexity index is 1130. The lowest BCUT2D eigenvalue weighted by Gasteiger charge is -2.24. The highest BCUT2D eigenvalue weighted by Crippen LogP contribution is 2.28. The summed E-state index contributed by atoms with van der Waals surface area (Å²) in [7, 11) is -3.93. The molecule has 2 unspecified atom stereocenters. The summed E-state index contributed by atoms with van der Waals surface area (Å²) < 4.78 is 35.6. The Morgan fingerprint density at radius 2 is 1.45 bits per heavy atom. The van der Waals surface area contributed by atoms with Gasteiger partial charge < -0.3 is 14.7 Å². The summed E-state index contributed by atoms with van der Waals surface area (Å²) in [6.07, 6.45) is 0.484. The van der Waals surface area contributed by atoms with Gasteiger partial charge in [-0.25, -0.2) is 0 Å². The molecule has 0 aromatic heterocycles. The lowest BCUT2D eigenvalue weighted by Crippen LogP contribution is -2.33. The lowest BCUT2D eigenvalue weighted by molar-refractivity contribution is -0.148. The zero-order chi connectivity index (χ0) is 23.8. The minimum Gasteiger partial charge on any atom is -0.463 e. The van der Waals surface area contributed by atoms with Crippen LogP contribution in [0.1, 0.15) is 37.3 Å². The first-order valence-corrected chi connectivity index (χ1v) is 12.2. The third-order valence-corrected chi connectivity index (χ3v) is 6.39. The van der Waals surface area contributed by atoms with Crippen molar-refractivity contribution < 1.29 is 22.1 Å². The number of hydrogen-bond donors (Lipinski definition) is 1. The Labute approximate surface area is 195 Å². The third-order valence-electron chi connectivity index (χ3n) is 5.13. The minimum absolute atomic E-state index is 0.0771. The molecule has 0 spiro atoms. The average Bonchev–Trinajstić information content (AvgIpc) is 2.79. The molecule has 2 atom stereocenters. The van der Waals surface area contributed by atoms with Crippen LogP contribution in [0.25, 0.3) is 0 Å². The fourth-order valence-corrected chi connectivity index (χ4v) is 4.52. The summed E-state index contributed by atoms with van der Waals surface area (Å²) in [6.45, 7) is 3.60. The van der Waals surface area contributed by atoms with Gasteiger partial charge in [0.25, 0.3) is 0 Å². The van der Waals surface area contributed by atoms with E-state index in [1.807, 2.05) is 30.3 Å². The fourth-order valence-electron chi connectivity index (χ4n) is 3.57. The van der Waals surface area contributed by atoms with E-state index in [1.54, 1.807) is 56.3 Å². The first kappa shape index (κ1) is 24.5.